The minimum Gasteiger partial charge on any atom is -0.363 e. The highest BCUT2D eigenvalue weighted by molar-refractivity contribution is 5.38. The minimum absolute atomic E-state index is 0.513. The number of nitrogens with one attached hydrogen (secondary N) is 1. The van der Waals surface area contributed by atoms with E-state index in [1.165, 1.54) is 24.8 Å². The first kappa shape index (κ1) is 12.4. The van der Waals surface area contributed by atoms with E-state index < -0.39 is 0 Å². The Morgan fingerprint density at radius 1 is 1.41 bits per heavy atom. The van der Waals surface area contributed by atoms with Crippen molar-refractivity contribution < 1.29 is 0 Å². The molecule has 2 rings (SSSR count). The molecule has 1 heterocycles. The Bertz CT molecular complexity index is 341. The molecule has 0 saturated heterocycles. The summed E-state index contributed by atoms with van der Waals surface area (Å²) in [6, 6.07) is 4.84. The summed E-state index contributed by atoms with van der Waals surface area (Å²) in [5, 5.41) is 3.64. The van der Waals surface area contributed by atoms with E-state index in [0.29, 0.717) is 6.04 Å². The van der Waals surface area contributed by atoms with Crippen LogP contribution in [0.15, 0.2) is 18.3 Å². The average Bonchev–Trinajstić information content (AvgIpc) is 3.14. The van der Waals surface area contributed by atoms with Gasteiger partial charge in [0.05, 0.1) is 0 Å². The van der Waals surface area contributed by atoms with Gasteiger partial charge in [0.15, 0.2) is 0 Å². The molecule has 0 radical (unpaired) electrons. The van der Waals surface area contributed by atoms with Crippen LogP contribution >= 0.6 is 0 Å². The molecule has 0 amide bonds. The molecular weight excluding hydrogens is 210 g/mol. The molecule has 0 bridgehead atoms. The summed E-state index contributed by atoms with van der Waals surface area (Å²) in [4.78, 5) is 6.54. The van der Waals surface area contributed by atoms with Gasteiger partial charge in [-0.05, 0) is 43.4 Å². The van der Waals surface area contributed by atoms with Gasteiger partial charge in [0.25, 0.3) is 0 Å². The molecule has 1 aliphatic carbocycles. The minimum atomic E-state index is 0.513. The molecule has 1 aromatic rings. The fraction of sp³-hybridized carbons (Fsp3) is 0.643. The maximum Gasteiger partial charge on any atom is 0.127 e. The zero-order valence-electron chi connectivity index (χ0n) is 11.1. The molecule has 0 spiro atoms. The van der Waals surface area contributed by atoms with E-state index in [0.717, 1.165) is 18.3 Å². The largest absolute Gasteiger partial charge is 0.363 e. The van der Waals surface area contributed by atoms with Gasteiger partial charge in [0, 0.05) is 26.3 Å². The fourth-order valence-corrected chi connectivity index (χ4v) is 2.13. The lowest BCUT2D eigenvalue weighted by Crippen LogP contribution is -2.24. The molecule has 1 N–H and O–H groups in total. The van der Waals surface area contributed by atoms with Crippen molar-refractivity contribution in [2.45, 2.75) is 32.2 Å². The Balaban J connectivity index is 2.07. The Labute approximate surface area is 104 Å². The molecule has 0 aromatic carbocycles. The fourth-order valence-electron chi connectivity index (χ4n) is 2.13. The van der Waals surface area contributed by atoms with Gasteiger partial charge in [0.2, 0.25) is 0 Å². The third kappa shape index (κ3) is 3.19. The monoisotopic (exact) mass is 233 g/mol. The molecule has 1 atom stereocenters. The van der Waals surface area contributed by atoms with Crippen LogP contribution in [0.5, 0.6) is 0 Å². The van der Waals surface area contributed by atoms with E-state index in [4.69, 9.17) is 0 Å². The lowest BCUT2D eigenvalue weighted by molar-refractivity contribution is 0.480. The Morgan fingerprint density at radius 3 is 2.65 bits per heavy atom. The predicted molar refractivity (Wildman–Crippen MR) is 72.3 cm³/mol. The Morgan fingerprint density at radius 2 is 2.18 bits per heavy atom. The van der Waals surface area contributed by atoms with Gasteiger partial charge in [-0.15, -0.1) is 0 Å². The molecule has 17 heavy (non-hydrogen) atoms. The van der Waals surface area contributed by atoms with Crippen molar-refractivity contribution in [1.82, 2.24) is 10.3 Å². The molecule has 0 aliphatic heterocycles. The third-order valence-electron chi connectivity index (χ3n) is 3.30. The van der Waals surface area contributed by atoms with Crippen LogP contribution in [-0.4, -0.2) is 25.6 Å². The smallest absolute Gasteiger partial charge is 0.127 e. The highest BCUT2D eigenvalue weighted by atomic mass is 15.1. The van der Waals surface area contributed by atoms with Crippen LogP contribution in [0.3, 0.4) is 0 Å². The second kappa shape index (κ2) is 5.50. The van der Waals surface area contributed by atoms with Crippen molar-refractivity contribution >= 4 is 5.82 Å². The zero-order chi connectivity index (χ0) is 12.3. The van der Waals surface area contributed by atoms with E-state index in [9.17, 15) is 0 Å². The summed E-state index contributed by atoms with van der Waals surface area (Å²) in [7, 11) is 4.05. The number of hydrogen-bond acceptors (Lipinski definition) is 3. The molecule has 1 saturated carbocycles. The highest BCUT2D eigenvalue weighted by Gasteiger charge is 2.31. The third-order valence-corrected chi connectivity index (χ3v) is 3.30. The predicted octanol–water partition coefficient (Wildman–Crippen LogP) is 2.60. The highest BCUT2D eigenvalue weighted by Crippen LogP contribution is 2.40. The second-order valence-electron chi connectivity index (χ2n) is 5.11. The number of nitrogens with zero attached hydrogens (tertiary/aromatic N) is 2. The van der Waals surface area contributed by atoms with Crippen LogP contribution in [0.4, 0.5) is 5.82 Å². The van der Waals surface area contributed by atoms with Crippen molar-refractivity contribution in [3.8, 4) is 0 Å². The molecule has 1 aliphatic rings. The standard InChI is InChI=1S/C14H23N3/c1-4-9-15-14(11-5-6-11)12-7-8-13(16-10-12)17(2)3/h7-8,10-11,14-15H,4-6,9H2,1-3H3. The Kier molecular flexibility index (Phi) is 4.00. The van der Waals surface area contributed by atoms with Gasteiger partial charge in [0.1, 0.15) is 5.82 Å². The molecule has 1 unspecified atom stereocenters. The quantitative estimate of drug-likeness (QED) is 0.818. The first-order chi connectivity index (χ1) is 8.22. The first-order valence-corrected chi connectivity index (χ1v) is 6.59. The summed E-state index contributed by atoms with van der Waals surface area (Å²) in [5.41, 5.74) is 1.34. The SMILES string of the molecule is CCCNC(c1ccc(N(C)C)nc1)C1CC1. The maximum atomic E-state index is 4.50. The van der Waals surface area contributed by atoms with E-state index in [-0.39, 0.29) is 0 Å². The van der Waals surface area contributed by atoms with Crippen molar-refractivity contribution in [1.29, 1.82) is 0 Å². The van der Waals surface area contributed by atoms with Crippen LogP contribution < -0.4 is 10.2 Å². The average molecular weight is 233 g/mol. The van der Waals surface area contributed by atoms with Crippen LogP contribution in [-0.2, 0) is 0 Å². The van der Waals surface area contributed by atoms with Crippen LogP contribution in [0.1, 0.15) is 37.8 Å². The molecule has 1 aromatic heterocycles. The Hall–Kier alpha value is -1.09. The van der Waals surface area contributed by atoms with Gasteiger partial charge in [-0.3, -0.25) is 0 Å². The number of aromatic nitrogens is 1. The number of rotatable bonds is 6. The molecular formula is C14H23N3. The summed E-state index contributed by atoms with van der Waals surface area (Å²) >= 11 is 0. The van der Waals surface area contributed by atoms with Crippen LogP contribution in [0.2, 0.25) is 0 Å². The topological polar surface area (TPSA) is 28.2 Å². The lowest BCUT2D eigenvalue weighted by Gasteiger charge is -2.19. The van der Waals surface area contributed by atoms with Crippen molar-refractivity contribution in [2.75, 3.05) is 25.5 Å². The van der Waals surface area contributed by atoms with Crippen LogP contribution in [0.25, 0.3) is 0 Å². The number of anilines is 1. The first-order valence-electron chi connectivity index (χ1n) is 6.59. The van der Waals surface area contributed by atoms with Crippen molar-refractivity contribution in [3.05, 3.63) is 23.9 Å². The summed E-state index contributed by atoms with van der Waals surface area (Å²) in [6.45, 7) is 3.31. The van der Waals surface area contributed by atoms with E-state index in [2.05, 4.69) is 29.4 Å². The second-order valence-corrected chi connectivity index (χ2v) is 5.11. The van der Waals surface area contributed by atoms with Gasteiger partial charge < -0.3 is 10.2 Å². The van der Waals surface area contributed by atoms with E-state index in [1.807, 2.05) is 25.2 Å². The number of pyridine rings is 1. The zero-order valence-corrected chi connectivity index (χ0v) is 11.1. The molecule has 3 nitrogen and oxygen atoms in total. The summed E-state index contributed by atoms with van der Waals surface area (Å²) < 4.78 is 0. The van der Waals surface area contributed by atoms with Crippen LogP contribution in [0, 0.1) is 5.92 Å². The molecule has 3 heteroatoms. The normalized spacial score (nSPS) is 16.9. The number of hydrogen-bond donors (Lipinski definition) is 1. The molecule has 1 fully saturated rings. The lowest BCUT2D eigenvalue weighted by atomic mass is 10.0. The summed E-state index contributed by atoms with van der Waals surface area (Å²) in [6.07, 6.45) is 5.93. The maximum absolute atomic E-state index is 4.50. The van der Waals surface area contributed by atoms with Gasteiger partial charge in [-0.1, -0.05) is 13.0 Å². The van der Waals surface area contributed by atoms with E-state index >= 15 is 0 Å². The van der Waals surface area contributed by atoms with Crippen molar-refractivity contribution in [3.63, 3.8) is 0 Å². The van der Waals surface area contributed by atoms with E-state index in [1.54, 1.807) is 0 Å². The van der Waals surface area contributed by atoms with Crippen molar-refractivity contribution in [2.24, 2.45) is 5.92 Å². The summed E-state index contributed by atoms with van der Waals surface area (Å²) in [5.74, 6) is 1.85. The van der Waals surface area contributed by atoms with Gasteiger partial charge >= 0.3 is 0 Å². The molecule has 94 valence electrons. The van der Waals surface area contributed by atoms with Gasteiger partial charge in [-0.2, -0.15) is 0 Å². The van der Waals surface area contributed by atoms with Gasteiger partial charge in [-0.25, -0.2) is 4.98 Å².